The molecule has 0 amide bonds. The van der Waals surface area contributed by atoms with Crippen LogP contribution in [0, 0.1) is 17.6 Å². The number of nitrogens with one attached hydrogen (secondary N) is 1. The molecule has 1 aromatic rings. The molecule has 3 nitrogen and oxygen atoms in total. The zero-order valence-electron chi connectivity index (χ0n) is 10.6. The minimum atomic E-state index is -0.956. The van der Waals surface area contributed by atoms with Crippen LogP contribution in [0.25, 0.3) is 0 Å². The average Bonchev–Trinajstić information content (AvgIpc) is 2.78. The van der Waals surface area contributed by atoms with E-state index in [1.165, 1.54) is 6.07 Å². The molecule has 0 spiro atoms. The third-order valence-electron chi connectivity index (χ3n) is 3.69. The van der Waals surface area contributed by atoms with E-state index in [4.69, 9.17) is 0 Å². The predicted molar refractivity (Wildman–Crippen MR) is 67.5 cm³/mol. The maximum absolute atomic E-state index is 13.0. The smallest absolute Gasteiger partial charge is 0.159 e. The average molecular weight is 271 g/mol. The molecule has 3 N–H and O–H groups in total. The van der Waals surface area contributed by atoms with E-state index < -0.39 is 17.7 Å². The number of aliphatic hydroxyl groups excluding tert-OH is 2. The first kappa shape index (κ1) is 14.4. The van der Waals surface area contributed by atoms with Crippen LogP contribution in [0.2, 0.25) is 0 Å². The number of hydrogen-bond acceptors (Lipinski definition) is 3. The number of rotatable bonds is 5. The Morgan fingerprint density at radius 3 is 2.68 bits per heavy atom. The van der Waals surface area contributed by atoms with E-state index in [9.17, 15) is 19.0 Å². The Hall–Kier alpha value is -1.04. The molecule has 0 bridgehead atoms. The Balaban J connectivity index is 1.80. The first-order valence-electron chi connectivity index (χ1n) is 6.59. The van der Waals surface area contributed by atoms with Gasteiger partial charge in [-0.15, -0.1) is 0 Å². The lowest BCUT2D eigenvalue weighted by Gasteiger charge is -2.17. The fourth-order valence-electron chi connectivity index (χ4n) is 2.50. The largest absolute Gasteiger partial charge is 0.393 e. The molecule has 1 aliphatic carbocycles. The van der Waals surface area contributed by atoms with Crippen LogP contribution in [-0.4, -0.2) is 29.4 Å². The monoisotopic (exact) mass is 271 g/mol. The molecule has 1 fully saturated rings. The molecule has 0 radical (unpaired) electrons. The van der Waals surface area contributed by atoms with Gasteiger partial charge in [-0.25, -0.2) is 8.78 Å². The van der Waals surface area contributed by atoms with E-state index >= 15 is 0 Å². The standard InChI is InChI=1S/C14H19F2NO2/c15-11-5-4-9(6-12(11)16)14(19)8-17-7-10-2-1-3-13(10)18/h4-6,10,13-14,17-19H,1-3,7-8H2. The van der Waals surface area contributed by atoms with Crippen LogP contribution in [-0.2, 0) is 0 Å². The van der Waals surface area contributed by atoms with Crippen LogP contribution >= 0.6 is 0 Å². The fourth-order valence-corrected chi connectivity index (χ4v) is 2.50. The summed E-state index contributed by atoms with van der Waals surface area (Å²) in [6, 6.07) is 3.38. The van der Waals surface area contributed by atoms with E-state index in [0.29, 0.717) is 12.1 Å². The summed E-state index contributed by atoms with van der Waals surface area (Å²) in [7, 11) is 0. The van der Waals surface area contributed by atoms with Crippen molar-refractivity contribution in [2.24, 2.45) is 5.92 Å². The van der Waals surface area contributed by atoms with Gasteiger partial charge in [-0.05, 0) is 36.5 Å². The van der Waals surface area contributed by atoms with Gasteiger partial charge in [0.15, 0.2) is 11.6 Å². The van der Waals surface area contributed by atoms with Gasteiger partial charge in [0.05, 0.1) is 12.2 Å². The zero-order valence-corrected chi connectivity index (χ0v) is 10.6. The highest BCUT2D eigenvalue weighted by Gasteiger charge is 2.24. The minimum absolute atomic E-state index is 0.220. The summed E-state index contributed by atoms with van der Waals surface area (Å²) in [6.07, 6.45) is 1.69. The Morgan fingerprint density at radius 1 is 1.26 bits per heavy atom. The van der Waals surface area contributed by atoms with Gasteiger partial charge >= 0.3 is 0 Å². The molecule has 0 aliphatic heterocycles. The molecule has 0 heterocycles. The molecule has 5 heteroatoms. The van der Waals surface area contributed by atoms with Gasteiger partial charge in [0, 0.05) is 13.1 Å². The normalized spacial score (nSPS) is 24.6. The van der Waals surface area contributed by atoms with Crippen molar-refractivity contribution in [1.82, 2.24) is 5.32 Å². The van der Waals surface area contributed by atoms with Crippen LogP contribution in [0.5, 0.6) is 0 Å². The third kappa shape index (κ3) is 3.72. The van der Waals surface area contributed by atoms with Crippen molar-refractivity contribution in [3.63, 3.8) is 0 Å². The summed E-state index contributed by atoms with van der Waals surface area (Å²) in [5.74, 6) is -1.65. The molecule has 1 saturated carbocycles. The predicted octanol–water partition coefficient (Wildman–Crippen LogP) is 1.75. The van der Waals surface area contributed by atoms with Crippen molar-refractivity contribution < 1.29 is 19.0 Å². The second kappa shape index (κ2) is 6.41. The van der Waals surface area contributed by atoms with Crippen molar-refractivity contribution in [2.75, 3.05) is 13.1 Å². The summed E-state index contributed by atoms with van der Waals surface area (Å²) in [5.41, 5.74) is 0.346. The number of hydrogen-bond donors (Lipinski definition) is 3. The number of halogens is 2. The summed E-state index contributed by atoms with van der Waals surface area (Å²) in [4.78, 5) is 0. The summed E-state index contributed by atoms with van der Waals surface area (Å²) >= 11 is 0. The fraction of sp³-hybridized carbons (Fsp3) is 0.571. The molecule has 0 saturated heterocycles. The van der Waals surface area contributed by atoms with Crippen molar-refractivity contribution >= 4 is 0 Å². The first-order valence-corrected chi connectivity index (χ1v) is 6.59. The lowest BCUT2D eigenvalue weighted by Crippen LogP contribution is -2.30. The van der Waals surface area contributed by atoms with E-state index in [-0.39, 0.29) is 18.6 Å². The topological polar surface area (TPSA) is 52.5 Å². The van der Waals surface area contributed by atoms with E-state index in [2.05, 4.69) is 5.32 Å². The lowest BCUT2D eigenvalue weighted by molar-refractivity contribution is 0.124. The van der Waals surface area contributed by atoms with Gasteiger partial charge in [0.25, 0.3) is 0 Å². The lowest BCUT2D eigenvalue weighted by atomic mass is 10.1. The van der Waals surface area contributed by atoms with Crippen LogP contribution in [0.3, 0.4) is 0 Å². The second-order valence-corrected chi connectivity index (χ2v) is 5.11. The highest BCUT2D eigenvalue weighted by atomic mass is 19.2. The van der Waals surface area contributed by atoms with Gasteiger partial charge < -0.3 is 15.5 Å². The summed E-state index contributed by atoms with van der Waals surface area (Å²) in [5, 5.41) is 22.6. The van der Waals surface area contributed by atoms with Crippen molar-refractivity contribution in [2.45, 2.75) is 31.5 Å². The molecular weight excluding hydrogens is 252 g/mol. The molecular formula is C14H19F2NO2. The van der Waals surface area contributed by atoms with Gasteiger partial charge in [0.2, 0.25) is 0 Å². The maximum Gasteiger partial charge on any atom is 0.159 e. The SMILES string of the molecule is OC(CNCC1CCCC1O)c1ccc(F)c(F)c1. The van der Waals surface area contributed by atoms with Crippen molar-refractivity contribution in [1.29, 1.82) is 0 Å². The Morgan fingerprint density at radius 2 is 2.05 bits per heavy atom. The van der Waals surface area contributed by atoms with Crippen LogP contribution in [0.4, 0.5) is 8.78 Å². The molecule has 19 heavy (non-hydrogen) atoms. The Labute approximate surface area is 111 Å². The highest BCUT2D eigenvalue weighted by Crippen LogP contribution is 2.24. The molecule has 1 aromatic carbocycles. The van der Waals surface area contributed by atoms with E-state index in [1.807, 2.05) is 0 Å². The highest BCUT2D eigenvalue weighted by molar-refractivity contribution is 5.20. The van der Waals surface area contributed by atoms with Gasteiger partial charge in [-0.1, -0.05) is 12.5 Å². The van der Waals surface area contributed by atoms with Gasteiger partial charge in [-0.2, -0.15) is 0 Å². The third-order valence-corrected chi connectivity index (χ3v) is 3.69. The first-order chi connectivity index (χ1) is 9.08. The number of benzene rings is 1. The maximum atomic E-state index is 13.0. The van der Waals surface area contributed by atoms with Crippen molar-refractivity contribution in [3.05, 3.63) is 35.4 Å². The molecule has 2 rings (SSSR count). The van der Waals surface area contributed by atoms with Gasteiger partial charge in [0.1, 0.15) is 0 Å². The molecule has 0 aromatic heterocycles. The molecule has 106 valence electrons. The summed E-state index contributed by atoms with van der Waals surface area (Å²) in [6.45, 7) is 0.885. The quantitative estimate of drug-likeness (QED) is 0.764. The zero-order chi connectivity index (χ0) is 13.8. The molecule has 3 unspecified atom stereocenters. The van der Waals surface area contributed by atoms with Crippen LogP contribution < -0.4 is 5.32 Å². The number of aliphatic hydroxyl groups is 2. The Kier molecular flexibility index (Phi) is 4.85. The van der Waals surface area contributed by atoms with Crippen LogP contribution in [0.1, 0.15) is 30.9 Å². The summed E-state index contributed by atoms with van der Waals surface area (Å²) < 4.78 is 25.8. The minimum Gasteiger partial charge on any atom is -0.393 e. The van der Waals surface area contributed by atoms with Gasteiger partial charge in [-0.3, -0.25) is 0 Å². The van der Waals surface area contributed by atoms with E-state index in [1.54, 1.807) is 0 Å². The van der Waals surface area contributed by atoms with E-state index in [0.717, 1.165) is 31.4 Å². The molecule has 3 atom stereocenters. The van der Waals surface area contributed by atoms with Crippen molar-refractivity contribution in [3.8, 4) is 0 Å². The van der Waals surface area contributed by atoms with Crippen LogP contribution in [0.15, 0.2) is 18.2 Å². The Bertz CT molecular complexity index is 428. The molecule has 1 aliphatic rings. The second-order valence-electron chi connectivity index (χ2n) is 5.11.